The molecule has 3 heterocycles. The zero-order chi connectivity index (χ0) is 25.3. The van der Waals surface area contributed by atoms with Crippen LogP contribution in [0.1, 0.15) is 19.3 Å². The molecular formula is C28H40N4O4+2. The molecule has 0 atom stereocenters. The van der Waals surface area contributed by atoms with Gasteiger partial charge < -0.3 is 24.1 Å². The van der Waals surface area contributed by atoms with Gasteiger partial charge in [-0.25, -0.2) is 9.13 Å². The Bertz CT molecular complexity index is 976. The number of aryl methyl sites for hydroxylation is 3. The molecule has 3 rings (SSSR count). The molecule has 0 bridgehead atoms. The highest BCUT2D eigenvalue weighted by Crippen LogP contribution is 2.15. The van der Waals surface area contributed by atoms with Crippen LogP contribution in [0.2, 0.25) is 0 Å². The van der Waals surface area contributed by atoms with Crippen molar-refractivity contribution >= 4 is 5.91 Å². The van der Waals surface area contributed by atoms with Gasteiger partial charge in [-0.3, -0.25) is 4.79 Å². The molecule has 1 N–H and O–H groups in total. The predicted molar refractivity (Wildman–Crippen MR) is 137 cm³/mol. The third-order valence-corrected chi connectivity index (χ3v) is 5.70. The van der Waals surface area contributed by atoms with Gasteiger partial charge >= 0.3 is 0 Å². The summed E-state index contributed by atoms with van der Waals surface area (Å²) in [6.45, 7) is 5.87. The first-order valence-corrected chi connectivity index (χ1v) is 12.8. The van der Waals surface area contributed by atoms with Crippen LogP contribution in [0.15, 0.2) is 73.6 Å². The topological polar surface area (TPSA) is 69.5 Å². The summed E-state index contributed by atoms with van der Waals surface area (Å²) in [5.74, 6) is 0.0545. The highest BCUT2D eigenvalue weighted by Gasteiger charge is 2.08. The van der Waals surface area contributed by atoms with Crippen LogP contribution in [0.3, 0.4) is 0 Å². The molecule has 36 heavy (non-hydrogen) atoms. The molecule has 0 radical (unpaired) electrons. The number of carbonyl (C=O) groups excluding carboxylic acids is 1. The molecule has 3 aromatic rings. The van der Waals surface area contributed by atoms with Gasteiger partial charge in [0, 0.05) is 63.0 Å². The van der Waals surface area contributed by atoms with E-state index in [1.54, 1.807) is 0 Å². The molecule has 0 saturated heterocycles. The fourth-order valence-corrected chi connectivity index (χ4v) is 3.62. The molecule has 0 aliphatic carbocycles. The fraction of sp³-hybridized carbons (Fsp3) is 0.464. The van der Waals surface area contributed by atoms with Crippen molar-refractivity contribution in [1.82, 2.24) is 9.88 Å². The number of hydrogen-bond acceptors (Lipinski definition) is 4. The van der Waals surface area contributed by atoms with Gasteiger partial charge in [-0.1, -0.05) is 0 Å². The summed E-state index contributed by atoms with van der Waals surface area (Å²) >= 11 is 0. The number of rotatable bonds is 18. The van der Waals surface area contributed by atoms with E-state index in [4.69, 9.17) is 14.2 Å². The van der Waals surface area contributed by atoms with Gasteiger partial charge in [-0.15, -0.1) is 0 Å². The number of carbonyl (C=O) groups is 1. The summed E-state index contributed by atoms with van der Waals surface area (Å²) in [6, 6.07) is 12.4. The van der Waals surface area contributed by atoms with Crippen LogP contribution >= 0.6 is 0 Å². The summed E-state index contributed by atoms with van der Waals surface area (Å²) in [6.07, 6.45) is 14.4. The van der Waals surface area contributed by atoms with Crippen LogP contribution in [0.5, 0.6) is 0 Å². The number of ether oxygens (including phenoxy) is 3. The number of hydrogen-bond donors (Lipinski definition) is 1. The van der Waals surface area contributed by atoms with Crippen LogP contribution < -0.4 is 14.5 Å². The number of amides is 1. The molecule has 194 valence electrons. The molecule has 8 heteroatoms. The lowest BCUT2D eigenvalue weighted by Crippen LogP contribution is -2.36. The van der Waals surface area contributed by atoms with E-state index in [1.807, 2.05) is 53.1 Å². The Kier molecular flexibility index (Phi) is 12.7. The zero-order valence-electron chi connectivity index (χ0n) is 21.4. The fourth-order valence-electron chi connectivity index (χ4n) is 3.62. The Morgan fingerprint density at radius 1 is 0.806 bits per heavy atom. The van der Waals surface area contributed by atoms with E-state index in [9.17, 15) is 4.79 Å². The van der Waals surface area contributed by atoms with Crippen LogP contribution in [-0.2, 0) is 39.1 Å². The van der Waals surface area contributed by atoms with Gasteiger partial charge in [0.15, 0.2) is 31.3 Å². The number of nitrogens with zero attached hydrogens (tertiary/aromatic N) is 3. The van der Waals surface area contributed by atoms with Crippen molar-refractivity contribution in [3.05, 3.63) is 73.6 Å². The second-order valence-electron chi connectivity index (χ2n) is 8.64. The molecule has 0 aliphatic heterocycles. The second-order valence-corrected chi connectivity index (χ2v) is 8.64. The van der Waals surface area contributed by atoms with E-state index < -0.39 is 0 Å². The first kappa shape index (κ1) is 27.5. The Balaban J connectivity index is 1.10. The minimum absolute atomic E-state index is 0.0545. The lowest BCUT2D eigenvalue weighted by molar-refractivity contribution is -0.695. The smallest absolute Gasteiger partial charge is 0.226 e. The highest BCUT2D eigenvalue weighted by atomic mass is 16.5. The van der Waals surface area contributed by atoms with Crippen LogP contribution in [0.4, 0.5) is 0 Å². The third kappa shape index (κ3) is 11.1. The van der Waals surface area contributed by atoms with Gasteiger partial charge in [-0.2, -0.15) is 0 Å². The monoisotopic (exact) mass is 496 g/mol. The van der Waals surface area contributed by atoms with E-state index in [0.717, 1.165) is 31.6 Å². The Morgan fingerprint density at radius 2 is 1.36 bits per heavy atom. The largest absolute Gasteiger partial charge is 0.379 e. The van der Waals surface area contributed by atoms with Crippen molar-refractivity contribution in [3.8, 4) is 11.1 Å². The first-order valence-electron chi connectivity index (χ1n) is 12.8. The van der Waals surface area contributed by atoms with Gasteiger partial charge in [0.05, 0.1) is 32.8 Å². The lowest BCUT2D eigenvalue weighted by Gasteiger charge is -2.08. The molecular weight excluding hydrogens is 456 g/mol. The summed E-state index contributed by atoms with van der Waals surface area (Å²) in [4.78, 5) is 12.1. The first-order chi connectivity index (χ1) is 17.7. The number of aromatic nitrogens is 3. The summed E-state index contributed by atoms with van der Waals surface area (Å²) in [7, 11) is 2.00. The van der Waals surface area contributed by atoms with E-state index in [-0.39, 0.29) is 5.91 Å². The third-order valence-electron chi connectivity index (χ3n) is 5.70. The van der Waals surface area contributed by atoms with Gasteiger partial charge in [0.2, 0.25) is 5.91 Å². The Labute approximate surface area is 214 Å². The standard InChI is InChI=1S/C28H39N4O4/c1-30-15-6-26(7-16-30)27-8-17-32(18-9-27)19-10-28(33)29-11-4-20-34-22-24-36-25-23-35-21-5-14-31-12-2-3-13-31/h2-3,6-9,12-13,15-18H,4-5,10-11,14,19-25H2,1H3/q+1/p+1. The van der Waals surface area contributed by atoms with E-state index in [1.165, 1.54) is 5.56 Å². The molecule has 0 aliphatic rings. The molecule has 3 aromatic heterocycles. The molecule has 8 nitrogen and oxygen atoms in total. The minimum Gasteiger partial charge on any atom is -0.379 e. The summed E-state index contributed by atoms with van der Waals surface area (Å²) in [5.41, 5.74) is 2.34. The maximum absolute atomic E-state index is 12.1. The van der Waals surface area contributed by atoms with Crippen molar-refractivity contribution in [2.45, 2.75) is 32.4 Å². The SMILES string of the molecule is C[n+]1ccc(-c2cc[n+](CCC(=O)NCCCOCCOCCOCCCn3cccc3)cc2)cc1. The maximum Gasteiger partial charge on any atom is 0.226 e. The predicted octanol–water partition coefficient (Wildman–Crippen LogP) is 2.30. The molecule has 1 amide bonds. The normalized spacial score (nSPS) is 11.0. The van der Waals surface area contributed by atoms with E-state index in [0.29, 0.717) is 52.5 Å². The Morgan fingerprint density at radius 3 is 2.00 bits per heavy atom. The van der Waals surface area contributed by atoms with E-state index in [2.05, 4.69) is 46.5 Å². The van der Waals surface area contributed by atoms with Gasteiger partial charge in [0.1, 0.15) is 7.05 Å². The molecule has 0 aromatic carbocycles. The van der Waals surface area contributed by atoms with Crippen molar-refractivity contribution in [1.29, 1.82) is 0 Å². The van der Waals surface area contributed by atoms with Crippen molar-refractivity contribution in [3.63, 3.8) is 0 Å². The summed E-state index contributed by atoms with van der Waals surface area (Å²) < 4.78 is 22.8. The lowest BCUT2D eigenvalue weighted by atomic mass is 10.1. The van der Waals surface area contributed by atoms with Crippen molar-refractivity contribution < 1.29 is 28.1 Å². The van der Waals surface area contributed by atoms with Crippen LogP contribution in [0.25, 0.3) is 11.1 Å². The summed E-state index contributed by atoms with van der Waals surface area (Å²) in [5, 5.41) is 2.96. The number of nitrogens with one attached hydrogen (secondary N) is 1. The van der Waals surface area contributed by atoms with Crippen molar-refractivity contribution in [2.75, 3.05) is 46.2 Å². The molecule has 0 saturated carbocycles. The maximum atomic E-state index is 12.1. The van der Waals surface area contributed by atoms with Gasteiger partial charge in [0.25, 0.3) is 0 Å². The number of pyridine rings is 2. The average Bonchev–Trinajstić information content (AvgIpc) is 3.42. The minimum atomic E-state index is 0.0545. The molecule has 0 fully saturated rings. The van der Waals surface area contributed by atoms with Crippen LogP contribution in [0, 0.1) is 0 Å². The molecule has 0 spiro atoms. The van der Waals surface area contributed by atoms with Crippen LogP contribution in [-0.4, -0.2) is 56.7 Å². The average molecular weight is 497 g/mol. The highest BCUT2D eigenvalue weighted by molar-refractivity contribution is 5.75. The molecule has 0 unspecified atom stereocenters. The van der Waals surface area contributed by atoms with Gasteiger partial charge in [-0.05, 0) is 36.1 Å². The van der Waals surface area contributed by atoms with E-state index >= 15 is 0 Å². The quantitative estimate of drug-likeness (QED) is 0.217. The zero-order valence-corrected chi connectivity index (χ0v) is 21.4. The second kappa shape index (κ2) is 16.6. The Hall–Kier alpha value is -3.07. The van der Waals surface area contributed by atoms with Crippen molar-refractivity contribution in [2.24, 2.45) is 7.05 Å².